The van der Waals surface area contributed by atoms with Gasteiger partial charge in [-0.1, -0.05) is 12.1 Å². The number of hydrogen-bond acceptors (Lipinski definition) is 6. The smallest absolute Gasteiger partial charge is 0.331 e. The molecule has 10 heteroatoms. The molecule has 0 saturated carbocycles. The van der Waals surface area contributed by atoms with E-state index in [1.807, 2.05) is 0 Å². The van der Waals surface area contributed by atoms with Crippen LogP contribution in [0.25, 0.3) is 0 Å². The number of nitrogens with two attached hydrogens (primary N) is 2. The molecular formula is C19H25N5O5. The Balaban J connectivity index is 2.36. The van der Waals surface area contributed by atoms with Crippen molar-refractivity contribution >= 4 is 29.5 Å². The van der Waals surface area contributed by atoms with Crippen molar-refractivity contribution in [3.63, 3.8) is 0 Å². The van der Waals surface area contributed by atoms with E-state index >= 15 is 0 Å². The number of rotatable bonds is 10. The number of aliphatic carboxylic acids is 1. The van der Waals surface area contributed by atoms with Gasteiger partial charge in [-0.15, -0.1) is 0 Å². The fraction of sp³-hybridized carbons (Fsp3) is 0.421. The first-order valence-corrected chi connectivity index (χ1v) is 9.19. The van der Waals surface area contributed by atoms with E-state index < -0.39 is 35.8 Å². The van der Waals surface area contributed by atoms with Crippen LogP contribution in [0.3, 0.4) is 0 Å². The number of imide groups is 1. The molecule has 2 rings (SSSR count). The molecule has 10 nitrogen and oxygen atoms in total. The van der Waals surface area contributed by atoms with Crippen LogP contribution < -0.4 is 16.8 Å². The highest BCUT2D eigenvalue weighted by Gasteiger charge is 2.53. The first-order chi connectivity index (χ1) is 13.7. The van der Waals surface area contributed by atoms with Crippen molar-refractivity contribution in [2.75, 3.05) is 19.6 Å². The van der Waals surface area contributed by atoms with Crippen molar-refractivity contribution in [1.29, 1.82) is 0 Å². The number of aliphatic imine (C=N–C) groups is 1. The molecule has 0 radical (unpaired) electrons. The molecule has 29 heavy (non-hydrogen) atoms. The summed E-state index contributed by atoms with van der Waals surface area (Å²) in [6, 6.07) is 6.14. The van der Waals surface area contributed by atoms with Crippen LogP contribution in [0.1, 0.15) is 46.9 Å². The summed E-state index contributed by atoms with van der Waals surface area (Å²) in [5.74, 6) is -2.97. The van der Waals surface area contributed by atoms with Crippen molar-refractivity contribution in [3.8, 4) is 0 Å². The molecule has 1 aliphatic heterocycles. The summed E-state index contributed by atoms with van der Waals surface area (Å²) in [4.78, 5) is 54.7. The number of nitrogens with zero attached hydrogens (tertiary/aromatic N) is 2. The lowest BCUT2D eigenvalue weighted by molar-refractivity contribution is -0.149. The molecule has 6 N–H and O–H groups in total. The van der Waals surface area contributed by atoms with E-state index in [1.54, 1.807) is 19.1 Å². The first-order valence-electron chi connectivity index (χ1n) is 9.19. The normalized spacial score (nSPS) is 15.8. The Morgan fingerprint density at radius 2 is 1.76 bits per heavy atom. The third kappa shape index (κ3) is 4.60. The van der Waals surface area contributed by atoms with Crippen LogP contribution in [-0.4, -0.2) is 64.7 Å². The molecule has 1 atom stereocenters. The molecule has 0 aliphatic carbocycles. The van der Waals surface area contributed by atoms with Crippen molar-refractivity contribution in [2.45, 2.75) is 31.7 Å². The summed E-state index contributed by atoms with van der Waals surface area (Å²) in [6.07, 6.45) is 0.782. The average molecular weight is 403 g/mol. The molecule has 1 unspecified atom stereocenters. The zero-order valence-electron chi connectivity index (χ0n) is 16.2. The van der Waals surface area contributed by atoms with Gasteiger partial charge in [0.1, 0.15) is 0 Å². The second kappa shape index (κ2) is 9.28. The topological polar surface area (TPSA) is 168 Å². The van der Waals surface area contributed by atoms with E-state index in [0.29, 0.717) is 25.2 Å². The zero-order valence-corrected chi connectivity index (χ0v) is 16.2. The maximum atomic E-state index is 12.9. The third-order valence-corrected chi connectivity index (χ3v) is 4.74. The van der Waals surface area contributed by atoms with Crippen molar-refractivity contribution in [2.24, 2.45) is 16.5 Å². The molecule has 0 spiro atoms. The van der Waals surface area contributed by atoms with Gasteiger partial charge in [0.05, 0.1) is 30.1 Å². The fourth-order valence-electron chi connectivity index (χ4n) is 3.24. The minimum Gasteiger partial charge on any atom is -0.479 e. The van der Waals surface area contributed by atoms with Crippen molar-refractivity contribution in [1.82, 2.24) is 10.2 Å². The number of carboxylic acids is 1. The SMILES string of the molecule is CC(N)=NCCCCC(CNC(=O)CN)(C(=O)O)N1C(=O)c2ccccc2C1=O. The highest BCUT2D eigenvalue weighted by atomic mass is 16.4. The average Bonchev–Trinajstić information content (AvgIpc) is 2.95. The van der Waals surface area contributed by atoms with Gasteiger partial charge in [-0.05, 0) is 38.3 Å². The number of carbonyl (C=O) groups excluding carboxylic acids is 3. The predicted octanol–water partition coefficient (Wildman–Crippen LogP) is -0.272. The Morgan fingerprint density at radius 1 is 1.17 bits per heavy atom. The van der Waals surface area contributed by atoms with Gasteiger partial charge < -0.3 is 21.9 Å². The molecule has 1 aromatic carbocycles. The van der Waals surface area contributed by atoms with Gasteiger partial charge in [0.25, 0.3) is 11.8 Å². The van der Waals surface area contributed by atoms with E-state index in [9.17, 15) is 24.3 Å². The maximum Gasteiger partial charge on any atom is 0.331 e. The second-order valence-corrected chi connectivity index (χ2v) is 6.79. The van der Waals surface area contributed by atoms with Crippen LogP contribution in [0.2, 0.25) is 0 Å². The van der Waals surface area contributed by atoms with Crippen LogP contribution in [0, 0.1) is 0 Å². The molecule has 1 aliphatic rings. The van der Waals surface area contributed by atoms with Crippen LogP contribution in [0.4, 0.5) is 0 Å². The molecule has 1 aromatic rings. The summed E-state index contributed by atoms with van der Waals surface area (Å²) in [5.41, 5.74) is 9.10. The number of carbonyl (C=O) groups is 4. The predicted molar refractivity (Wildman–Crippen MR) is 105 cm³/mol. The van der Waals surface area contributed by atoms with Crippen LogP contribution in [-0.2, 0) is 9.59 Å². The monoisotopic (exact) mass is 403 g/mol. The summed E-state index contributed by atoms with van der Waals surface area (Å²) in [6.45, 7) is 1.24. The first kappa shape index (κ1) is 22.0. The number of carboxylic acid groups (broad SMARTS) is 1. The molecule has 0 bridgehead atoms. The highest BCUT2D eigenvalue weighted by Crippen LogP contribution is 2.33. The number of fused-ring (bicyclic) bond motifs is 1. The zero-order chi connectivity index (χ0) is 21.6. The number of amides is 3. The molecule has 1 heterocycles. The van der Waals surface area contributed by atoms with E-state index in [0.717, 1.165) is 4.90 Å². The largest absolute Gasteiger partial charge is 0.479 e. The summed E-state index contributed by atoms with van der Waals surface area (Å²) >= 11 is 0. The minimum absolute atomic E-state index is 0.0577. The Labute approximate surface area is 167 Å². The van der Waals surface area contributed by atoms with Gasteiger partial charge in [-0.2, -0.15) is 0 Å². The molecule has 3 amide bonds. The lowest BCUT2D eigenvalue weighted by Crippen LogP contribution is -2.63. The summed E-state index contributed by atoms with van der Waals surface area (Å²) in [7, 11) is 0. The number of nitrogens with one attached hydrogen (secondary N) is 1. The van der Waals surface area contributed by atoms with Crippen LogP contribution in [0.5, 0.6) is 0 Å². The second-order valence-electron chi connectivity index (χ2n) is 6.79. The Bertz CT molecular complexity index is 814. The Hall–Kier alpha value is -3.27. The van der Waals surface area contributed by atoms with Gasteiger partial charge in [-0.3, -0.25) is 24.3 Å². The lowest BCUT2D eigenvalue weighted by atomic mass is 9.89. The van der Waals surface area contributed by atoms with Gasteiger partial charge in [0.2, 0.25) is 5.91 Å². The van der Waals surface area contributed by atoms with Gasteiger partial charge in [0, 0.05) is 6.54 Å². The van der Waals surface area contributed by atoms with Crippen LogP contribution in [0.15, 0.2) is 29.3 Å². The maximum absolute atomic E-state index is 12.9. The third-order valence-electron chi connectivity index (χ3n) is 4.74. The summed E-state index contributed by atoms with van der Waals surface area (Å²) < 4.78 is 0. The van der Waals surface area contributed by atoms with Crippen LogP contribution >= 0.6 is 0 Å². The van der Waals surface area contributed by atoms with E-state index in [4.69, 9.17) is 11.5 Å². The van der Waals surface area contributed by atoms with Crippen molar-refractivity contribution in [3.05, 3.63) is 35.4 Å². The van der Waals surface area contributed by atoms with Gasteiger partial charge >= 0.3 is 5.97 Å². The van der Waals surface area contributed by atoms with E-state index in [1.165, 1.54) is 12.1 Å². The number of benzene rings is 1. The molecule has 0 fully saturated rings. The quantitative estimate of drug-likeness (QED) is 0.180. The Kier molecular flexibility index (Phi) is 7.05. The number of hydrogen-bond donors (Lipinski definition) is 4. The Morgan fingerprint density at radius 3 is 2.24 bits per heavy atom. The summed E-state index contributed by atoms with van der Waals surface area (Å²) in [5, 5.41) is 12.5. The molecule has 0 aromatic heterocycles. The fourth-order valence-corrected chi connectivity index (χ4v) is 3.24. The van der Waals surface area contributed by atoms with E-state index in [2.05, 4.69) is 10.3 Å². The molecule has 156 valence electrons. The standard InChI is InChI=1S/C19H25N5O5/c1-12(21)22-9-5-4-8-19(18(28)29,11-23-15(25)10-20)24-16(26)13-6-2-3-7-14(13)17(24)27/h2-3,6-7H,4-5,8-11,20H2,1H3,(H2,21,22)(H,23,25)(H,28,29). The van der Waals surface area contributed by atoms with Gasteiger partial charge in [0.15, 0.2) is 5.54 Å². The number of unbranched alkanes of at least 4 members (excludes halogenated alkanes) is 1. The van der Waals surface area contributed by atoms with Gasteiger partial charge in [-0.25, -0.2) is 4.79 Å². The highest BCUT2D eigenvalue weighted by molar-refractivity contribution is 6.23. The minimum atomic E-state index is -1.94. The van der Waals surface area contributed by atoms with E-state index in [-0.39, 0.29) is 24.1 Å². The lowest BCUT2D eigenvalue weighted by Gasteiger charge is -2.37. The molecule has 0 saturated heterocycles. The molecular weight excluding hydrogens is 378 g/mol. The number of amidine groups is 1. The van der Waals surface area contributed by atoms with Crippen molar-refractivity contribution < 1.29 is 24.3 Å².